The number of amides is 4. The number of alkyl carbamates (subject to hydrolysis) is 1. The van der Waals surface area contributed by atoms with Crippen LogP contribution in [0.5, 0.6) is 0 Å². The largest absolute Gasteiger partial charge is 0.444 e. The van der Waals surface area contributed by atoms with Gasteiger partial charge >= 0.3 is 12.1 Å². The molecule has 3 rings (SSSR count). The van der Waals surface area contributed by atoms with Gasteiger partial charge in [0.15, 0.2) is 22.5 Å². The summed E-state index contributed by atoms with van der Waals surface area (Å²) in [6.07, 6.45) is 2.14. The molecule has 46 heavy (non-hydrogen) atoms. The average molecular weight is 659 g/mol. The lowest BCUT2D eigenvalue weighted by Gasteiger charge is -2.41. The summed E-state index contributed by atoms with van der Waals surface area (Å²) in [6.45, 7) is 7.84. The van der Waals surface area contributed by atoms with E-state index in [2.05, 4.69) is 43.4 Å². The van der Waals surface area contributed by atoms with Gasteiger partial charge in [-0.3, -0.25) is 20.4 Å². The lowest BCUT2D eigenvalue weighted by Crippen LogP contribution is -2.50. The number of carbonyl (C=O) groups excluding carboxylic acids is 3. The summed E-state index contributed by atoms with van der Waals surface area (Å²) < 4.78 is 5.42. The van der Waals surface area contributed by atoms with Gasteiger partial charge in [-0.2, -0.15) is 0 Å². The number of nitrogens with zero attached hydrogens (tertiary/aromatic N) is 5. The number of likely N-dealkylation sites (N-methyl/N-ethyl adjacent to an activating group) is 1. The minimum atomic E-state index is -0.795. The SMILES string of the molecule is CNc1nc(N)c(C(=O)NC(=NCC2(CCc3ccccc3)CCN(C(=O)NCCN(C)C)CC2)NC(=O)OC(C)(C)C)nc1Cl. The number of anilines is 2. The number of likely N-dealkylation sites (tertiary alicyclic amines) is 1. The molecule has 6 N–H and O–H groups in total. The van der Waals surface area contributed by atoms with Crippen molar-refractivity contribution >= 4 is 47.2 Å². The van der Waals surface area contributed by atoms with E-state index in [-0.39, 0.29) is 46.4 Å². The second-order valence-corrected chi connectivity index (χ2v) is 13.0. The van der Waals surface area contributed by atoms with Crippen molar-refractivity contribution in [2.45, 2.75) is 52.1 Å². The maximum Gasteiger partial charge on any atom is 0.414 e. The van der Waals surface area contributed by atoms with E-state index in [0.717, 1.165) is 19.4 Å². The van der Waals surface area contributed by atoms with Crippen molar-refractivity contribution in [3.8, 4) is 0 Å². The van der Waals surface area contributed by atoms with E-state index in [1.54, 1.807) is 27.8 Å². The number of aliphatic imine (C=N–C) groups is 1. The van der Waals surface area contributed by atoms with E-state index in [9.17, 15) is 14.4 Å². The number of ether oxygens (including phenoxy) is 1. The highest BCUT2D eigenvalue weighted by atomic mass is 35.5. The summed E-state index contributed by atoms with van der Waals surface area (Å²) in [7, 11) is 5.51. The number of nitrogen functional groups attached to an aromatic ring is 1. The molecule has 14 nitrogen and oxygen atoms in total. The van der Waals surface area contributed by atoms with Gasteiger partial charge in [0.1, 0.15) is 5.60 Å². The quantitative estimate of drug-likeness (QED) is 0.189. The minimum absolute atomic E-state index is 0.0437. The van der Waals surface area contributed by atoms with Gasteiger partial charge in [-0.1, -0.05) is 41.9 Å². The molecule has 1 saturated heterocycles. The van der Waals surface area contributed by atoms with Crippen LogP contribution in [0.15, 0.2) is 35.3 Å². The van der Waals surface area contributed by atoms with Gasteiger partial charge < -0.3 is 30.9 Å². The Balaban J connectivity index is 1.85. The molecule has 0 bridgehead atoms. The van der Waals surface area contributed by atoms with E-state index < -0.39 is 17.6 Å². The molecule has 0 spiro atoms. The van der Waals surface area contributed by atoms with Gasteiger partial charge in [0.2, 0.25) is 5.96 Å². The summed E-state index contributed by atoms with van der Waals surface area (Å²) in [5.41, 5.74) is 5.84. The molecule has 1 aliphatic heterocycles. The van der Waals surface area contributed by atoms with Gasteiger partial charge in [0, 0.05) is 39.8 Å². The number of carbonyl (C=O) groups is 3. The van der Waals surface area contributed by atoms with Crippen molar-refractivity contribution in [3.05, 3.63) is 46.7 Å². The van der Waals surface area contributed by atoms with Crippen molar-refractivity contribution < 1.29 is 19.1 Å². The predicted molar refractivity (Wildman–Crippen MR) is 180 cm³/mol. The van der Waals surface area contributed by atoms with E-state index in [4.69, 9.17) is 27.1 Å². The van der Waals surface area contributed by atoms with Crippen LogP contribution < -0.4 is 27.0 Å². The fourth-order valence-corrected chi connectivity index (χ4v) is 5.12. The molecule has 2 aromatic rings. The zero-order valence-corrected chi connectivity index (χ0v) is 28.3. The second kappa shape index (κ2) is 16.4. The Morgan fingerprint density at radius 2 is 1.78 bits per heavy atom. The van der Waals surface area contributed by atoms with Crippen molar-refractivity contribution in [1.82, 2.24) is 35.7 Å². The van der Waals surface area contributed by atoms with Crippen LogP contribution in [0.3, 0.4) is 0 Å². The number of aromatic nitrogens is 2. The molecular weight excluding hydrogens is 612 g/mol. The summed E-state index contributed by atoms with van der Waals surface area (Å²) in [5.74, 6) is -0.822. The highest BCUT2D eigenvalue weighted by molar-refractivity contribution is 6.32. The minimum Gasteiger partial charge on any atom is -0.444 e. The van der Waals surface area contributed by atoms with Gasteiger partial charge in [-0.25, -0.2) is 19.6 Å². The molecule has 0 saturated carbocycles. The summed E-state index contributed by atoms with van der Waals surface area (Å²) in [6, 6.07) is 10.0. The number of hydrogen-bond acceptors (Lipinski definition) is 10. The van der Waals surface area contributed by atoms with Gasteiger partial charge in [-0.15, -0.1) is 0 Å². The maximum absolute atomic E-state index is 13.3. The van der Waals surface area contributed by atoms with E-state index in [1.165, 1.54) is 5.56 Å². The number of nitrogens with two attached hydrogens (primary N) is 1. The smallest absolute Gasteiger partial charge is 0.414 e. The maximum atomic E-state index is 13.3. The first-order valence-electron chi connectivity index (χ1n) is 15.3. The van der Waals surface area contributed by atoms with Crippen LogP contribution >= 0.6 is 11.6 Å². The predicted octanol–water partition coefficient (Wildman–Crippen LogP) is 3.35. The molecular formula is C31H47ClN10O4. The normalized spacial score (nSPS) is 14.9. The molecule has 0 aliphatic carbocycles. The molecule has 0 radical (unpaired) electrons. The fraction of sp³-hybridized carbons (Fsp3) is 0.548. The molecule has 15 heteroatoms. The number of guanidine groups is 1. The number of urea groups is 1. The lowest BCUT2D eigenvalue weighted by molar-refractivity contribution is 0.0560. The molecule has 1 aliphatic rings. The Bertz CT molecular complexity index is 1370. The monoisotopic (exact) mass is 658 g/mol. The van der Waals surface area contributed by atoms with E-state index >= 15 is 0 Å². The Labute approximate surface area is 275 Å². The fourth-order valence-electron chi connectivity index (χ4n) is 4.90. The number of aryl methyl sites for hydroxylation is 1. The van der Waals surface area contributed by atoms with Gasteiger partial charge in [0.25, 0.3) is 5.91 Å². The number of halogens is 1. The van der Waals surface area contributed by atoms with Crippen LogP contribution in [0.25, 0.3) is 0 Å². The Kier molecular flexibility index (Phi) is 12.9. The molecule has 0 unspecified atom stereocenters. The third-order valence-electron chi connectivity index (χ3n) is 7.49. The third kappa shape index (κ3) is 11.3. The highest BCUT2D eigenvalue weighted by Gasteiger charge is 2.36. The lowest BCUT2D eigenvalue weighted by atomic mass is 9.74. The third-order valence-corrected chi connectivity index (χ3v) is 7.75. The Morgan fingerprint density at radius 1 is 1.11 bits per heavy atom. The Hall–Kier alpha value is -4.17. The van der Waals surface area contributed by atoms with Crippen LogP contribution in [-0.2, 0) is 11.2 Å². The van der Waals surface area contributed by atoms with Crippen LogP contribution in [-0.4, -0.2) is 103 Å². The first-order chi connectivity index (χ1) is 21.7. The second-order valence-electron chi connectivity index (χ2n) is 12.6. The van der Waals surface area contributed by atoms with Gasteiger partial charge in [0.05, 0.1) is 0 Å². The number of rotatable bonds is 10. The summed E-state index contributed by atoms with van der Waals surface area (Å²) >= 11 is 6.15. The van der Waals surface area contributed by atoms with Crippen molar-refractivity contribution in [2.75, 3.05) is 64.9 Å². The topological polar surface area (TPSA) is 179 Å². The van der Waals surface area contributed by atoms with Crippen LogP contribution in [0, 0.1) is 5.41 Å². The average Bonchev–Trinajstić information content (AvgIpc) is 2.99. The zero-order valence-electron chi connectivity index (χ0n) is 27.6. The number of piperidine rings is 1. The standard InChI is InChI=1S/C31H47ClN10O4/c1-30(2,3)46-29(45)40-27(39-26(43)22-24(33)38-25(34-4)23(32)37-22)36-20-31(13-12-21-10-8-7-9-11-21)14-17-42(18-15-31)28(44)35-16-19-41(5)6/h7-11H,12-20H2,1-6H3,(H,35,44)(H3,33,34,38)(H2,36,39,40,43,45). The first-order valence-corrected chi connectivity index (χ1v) is 15.7. The number of hydrogen-bond donors (Lipinski definition) is 5. The van der Waals surface area contributed by atoms with Crippen LogP contribution in [0.4, 0.5) is 21.2 Å². The molecule has 1 fully saturated rings. The van der Waals surface area contributed by atoms with Crippen molar-refractivity contribution in [3.63, 3.8) is 0 Å². The van der Waals surface area contributed by atoms with Crippen molar-refractivity contribution in [1.29, 1.82) is 0 Å². The number of benzene rings is 1. The van der Waals surface area contributed by atoms with Crippen LogP contribution in [0.2, 0.25) is 5.15 Å². The summed E-state index contributed by atoms with van der Waals surface area (Å²) in [4.78, 5) is 55.6. The number of nitrogens with one attached hydrogen (secondary N) is 4. The molecule has 2 heterocycles. The van der Waals surface area contributed by atoms with Crippen LogP contribution in [0.1, 0.15) is 56.1 Å². The molecule has 4 amide bonds. The Morgan fingerprint density at radius 3 is 2.39 bits per heavy atom. The summed E-state index contributed by atoms with van der Waals surface area (Å²) in [5, 5.41) is 10.9. The molecule has 1 aromatic heterocycles. The van der Waals surface area contributed by atoms with E-state index in [0.29, 0.717) is 32.5 Å². The molecule has 252 valence electrons. The first kappa shape index (κ1) is 36.3. The van der Waals surface area contributed by atoms with Crippen molar-refractivity contribution in [2.24, 2.45) is 10.4 Å². The molecule has 1 aromatic carbocycles. The van der Waals surface area contributed by atoms with Gasteiger partial charge in [-0.05, 0) is 71.5 Å². The highest BCUT2D eigenvalue weighted by Crippen LogP contribution is 2.37. The van der Waals surface area contributed by atoms with E-state index in [1.807, 2.05) is 42.1 Å². The molecule has 0 atom stereocenters. The zero-order chi connectivity index (χ0) is 33.9.